The quantitative estimate of drug-likeness (QED) is 0.652. The molecule has 0 saturated heterocycles. The van der Waals surface area contributed by atoms with Crippen LogP contribution in [0.3, 0.4) is 0 Å². The SMILES string of the molecule is C[C@@H](NC(=O)c1ccc(CNC(N)=O)cc1)c1nnc2ccccn12. The summed E-state index contributed by atoms with van der Waals surface area (Å²) in [7, 11) is 0. The summed E-state index contributed by atoms with van der Waals surface area (Å²) in [5.41, 5.74) is 7.13. The first kappa shape index (κ1) is 16.4. The highest BCUT2D eigenvalue weighted by atomic mass is 16.2. The van der Waals surface area contributed by atoms with Crippen LogP contribution in [0.5, 0.6) is 0 Å². The first-order valence-electron chi connectivity index (χ1n) is 7.77. The van der Waals surface area contributed by atoms with Crippen LogP contribution in [0.25, 0.3) is 5.65 Å². The van der Waals surface area contributed by atoms with Gasteiger partial charge in [-0.05, 0) is 36.8 Å². The molecule has 1 aromatic carbocycles. The van der Waals surface area contributed by atoms with Gasteiger partial charge < -0.3 is 16.4 Å². The number of rotatable bonds is 5. The lowest BCUT2D eigenvalue weighted by atomic mass is 10.1. The fourth-order valence-electron chi connectivity index (χ4n) is 2.46. The van der Waals surface area contributed by atoms with Crippen molar-refractivity contribution in [2.75, 3.05) is 0 Å². The van der Waals surface area contributed by atoms with Crippen LogP contribution >= 0.6 is 0 Å². The van der Waals surface area contributed by atoms with Gasteiger partial charge in [-0.1, -0.05) is 18.2 Å². The van der Waals surface area contributed by atoms with Gasteiger partial charge in [-0.3, -0.25) is 9.20 Å². The number of nitrogens with two attached hydrogens (primary N) is 1. The Hall–Kier alpha value is -3.42. The molecule has 0 bridgehead atoms. The van der Waals surface area contributed by atoms with Crippen molar-refractivity contribution in [1.29, 1.82) is 0 Å². The highest BCUT2D eigenvalue weighted by Gasteiger charge is 2.16. The minimum atomic E-state index is -0.587. The Morgan fingerprint density at radius 1 is 1.16 bits per heavy atom. The molecule has 0 aliphatic heterocycles. The Morgan fingerprint density at radius 3 is 2.64 bits per heavy atom. The first-order chi connectivity index (χ1) is 12.0. The third-order valence-corrected chi connectivity index (χ3v) is 3.76. The minimum absolute atomic E-state index is 0.213. The molecule has 25 heavy (non-hydrogen) atoms. The highest BCUT2D eigenvalue weighted by molar-refractivity contribution is 5.94. The number of urea groups is 1. The highest BCUT2D eigenvalue weighted by Crippen LogP contribution is 2.13. The minimum Gasteiger partial charge on any atom is -0.352 e. The van der Waals surface area contributed by atoms with Crippen LogP contribution in [0.4, 0.5) is 4.79 Å². The summed E-state index contributed by atoms with van der Waals surface area (Å²) in [5, 5.41) is 13.6. The number of nitrogens with zero attached hydrogens (tertiary/aromatic N) is 3. The second-order valence-corrected chi connectivity index (χ2v) is 5.60. The van der Waals surface area contributed by atoms with E-state index in [4.69, 9.17) is 5.73 Å². The van der Waals surface area contributed by atoms with E-state index < -0.39 is 6.03 Å². The largest absolute Gasteiger partial charge is 0.352 e. The number of pyridine rings is 1. The average molecular weight is 338 g/mol. The molecule has 2 heterocycles. The molecule has 0 radical (unpaired) electrons. The number of carbonyl (C=O) groups is 2. The molecule has 0 spiro atoms. The van der Waals surface area contributed by atoms with E-state index in [1.807, 2.05) is 35.7 Å². The second kappa shape index (κ2) is 7.00. The van der Waals surface area contributed by atoms with Crippen LogP contribution in [-0.2, 0) is 6.54 Å². The molecular formula is C17H18N6O2. The van der Waals surface area contributed by atoms with E-state index in [0.29, 0.717) is 17.9 Å². The van der Waals surface area contributed by atoms with Gasteiger partial charge in [0, 0.05) is 18.3 Å². The molecule has 0 fully saturated rings. The molecule has 1 atom stereocenters. The van der Waals surface area contributed by atoms with E-state index in [-0.39, 0.29) is 11.9 Å². The number of benzene rings is 1. The summed E-state index contributed by atoms with van der Waals surface area (Å²) in [6, 6.07) is 11.6. The number of fused-ring (bicyclic) bond motifs is 1. The molecule has 2 aromatic heterocycles. The van der Waals surface area contributed by atoms with Gasteiger partial charge in [-0.15, -0.1) is 10.2 Å². The van der Waals surface area contributed by atoms with Crippen LogP contribution in [0.1, 0.15) is 34.7 Å². The van der Waals surface area contributed by atoms with Gasteiger partial charge in [-0.2, -0.15) is 0 Å². The van der Waals surface area contributed by atoms with E-state index in [9.17, 15) is 9.59 Å². The molecule has 0 saturated carbocycles. The Balaban J connectivity index is 1.68. The van der Waals surface area contributed by atoms with Crippen molar-refractivity contribution in [3.8, 4) is 0 Å². The fraction of sp³-hybridized carbons (Fsp3) is 0.176. The van der Waals surface area contributed by atoms with Gasteiger partial charge in [0.15, 0.2) is 11.5 Å². The fourth-order valence-corrected chi connectivity index (χ4v) is 2.46. The molecule has 0 aliphatic rings. The molecular weight excluding hydrogens is 320 g/mol. The topological polar surface area (TPSA) is 114 Å². The molecule has 3 aromatic rings. The van der Waals surface area contributed by atoms with Crippen LogP contribution in [0.2, 0.25) is 0 Å². The molecule has 0 unspecified atom stereocenters. The van der Waals surface area contributed by atoms with Crippen molar-refractivity contribution in [1.82, 2.24) is 25.2 Å². The van der Waals surface area contributed by atoms with Crippen molar-refractivity contribution in [3.05, 3.63) is 65.6 Å². The lowest BCUT2D eigenvalue weighted by Crippen LogP contribution is -2.29. The predicted octanol–water partition coefficient (Wildman–Crippen LogP) is 1.39. The standard InChI is InChI=1S/C17H18N6O2/c1-11(15-22-21-14-4-2-3-9-23(14)15)20-16(24)13-7-5-12(6-8-13)10-19-17(18)25/h2-9,11H,10H2,1H3,(H,20,24)(H3,18,19,25)/t11-/m1/s1. The molecule has 4 N–H and O–H groups in total. The maximum absolute atomic E-state index is 12.4. The molecule has 0 aliphatic carbocycles. The first-order valence-corrected chi connectivity index (χ1v) is 7.77. The second-order valence-electron chi connectivity index (χ2n) is 5.60. The zero-order valence-corrected chi connectivity index (χ0v) is 13.6. The van der Waals surface area contributed by atoms with Crippen molar-refractivity contribution in [3.63, 3.8) is 0 Å². The Morgan fingerprint density at radius 2 is 1.92 bits per heavy atom. The summed E-state index contributed by atoms with van der Waals surface area (Å²) in [6.07, 6.45) is 1.86. The third-order valence-electron chi connectivity index (χ3n) is 3.76. The number of carbonyl (C=O) groups excluding carboxylic acids is 2. The molecule has 8 heteroatoms. The van der Waals surface area contributed by atoms with Gasteiger partial charge in [0.25, 0.3) is 5.91 Å². The molecule has 3 amide bonds. The number of hydrogen-bond donors (Lipinski definition) is 3. The van der Waals surface area contributed by atoms with Crippen LogP contribution in [0.15, 0.2) is 48.7 Å². The van der Waals surface area contributed by atoms with Crippen molar-refractivity contribution < 1.29 is 9.59 Å². The monoisotopic (exact) mass is 338 g/mol. The summed E-state index contributed by atoms with van der Waals surface area (Å²) >= 11 is 0. The predicted molar refractivity (Wildman–Crippen MR) is 91.7 cm³/mol. The van der Waals surface area contributed by atoms with Crippen LogP contribution < -0.4 is 16.4 Å². The number of aromatic nitrogens is 3. The van der Waals surface area contributed by atoms with E-state index in [1.165, 1.54) is 0 Å². The Bertz CT molecular complexity index is 903. The summed E-state index contributed by atoms with van der Waals surface area (Å²) in [4.78, 5) is 23.1. The normalized spacial score (nSPS) is 11.9. The number of primary amides is 1. The van der Waals surface area contributed by atoms with Gasteiger partial charge in [0.05, 0.1) is 6.04 Å². The van der Waals surface area contributed by atoms with Crippen LogP contribution in [-0.4, -0.2) is 26.5 Å². The van der Waals surface area contributed by atoms with Crippen molar-refractivity contribution in [2.24, 2.45) is 5.73 Å². The Kier molecular flexibility index (Phi) is 4.60. The van der Waals surface area contributed by atoms with E-state index in [0.717, 1.165) is 11.2 Å². The maximum Gasteiger partial charge on any atom is 0.312 e. The summed E-state index contributed by atoms with van der Waals surface area (Å²) in [6.45, 7) is 2.17. The smallest absolute Gasteiger partial charge is 0.312 e. The van der Waals surface area contributed by atoms with Crippen LogP contribution in [0, 0.1) is 0 Å². The molecule has 3 rings (SSSR count). The maximum atomic E-state index is 12.4. The lowest BCUT2D eigenvalue weighted by molar-refractivity contribution is 0.0938. The lowest BCUT2D eigenvalue weighted by Gasteiger charge is -2.12. The van der Waals surface area contributed by atoms with Gasteiger partial charge in [0.1, 0.15) is 0 Å². The average Bonchev–Trinajstić information content (AvgIpc) is 3.04. The number of amides is 3. The number of hydrogen-bond acceptors (Lipinski definition) is 4. The summed E-state index contributed by atoms with van der Waals surface area (Å²) in [5.74, 6) is 0.445. The molecule has 128 valence electrons. The van der Waals surface area contributed by atoms with Gasteiger partial charge >= 0.3 is 6.03 Å². The zero-order chi connectivity index (χ0) is 17.8. The van der Waals surface area contributed by atoms with Crippen molar-refractivity contribution in [2.45, 2.75) is 19.5 Å². The third kappa shape index (κ3) is 3.74. The van der Waals surface area contributed by atoms with Gasteiger partial charge in [-0.25, -0.2) is 4.79 Å². The summed E-state index contributed by atoms with van der Waals surface area (Å²) < 4.78 is 1.84. The van der Waals surface area contributed by atoms with E-state index in [2.05, 4.69) is 20.8 Å². The van der Waals surface area contributed by atoms with E-state index in [1.54, 1.807) is 24.3 Å². The zero-order valence-electron chi connectivity index (χ0n) is 13.6. The van der Waals surface area contributed by atoms with Crippen molar-refractivity contribution >= 4 is 17.6 Å². The van der Waals surface area contributed by atoms with Gasteiger partial charge in [0.2, 0.25) is 0 Å². The molecule has 8 nitrogen and oxygen atoms in total. The number of nitrogens with one attached hydrogen (secondary N) is 2. The Labute approximate surface area is 144 Å². The van der Waals surface area contributed by atoms with E-state index >= 15 is 0 Å².